The molecule has 0 saturated heterocycles. The van der Waals surface area contributed by atoms with E-state index in [4.69, 9.17) is 0 Å². The number of carbonyl (C=O) groups is 1. The Bertz CT molecular complexity index is 1040. The molecule has 1 saturated carbocycles. The van der Waals surface area contributed by atoms with Gasteiger partial charge in [0.2, 0.25) is 5.43 Å². The molecule has 2 aromatic carbocycles. The second-order valence-corrected chi connectivity index (χ2v) is 7.94. The van der Waals surface area contributed by atoms with Crippen LogP contribution in [0.5, 0.6) is 0 Å². The zero-order valence-electron chi connectivity index (χ0n) is 14.5. The molecular formula is C21H19BrN2O2. The molecule has 1 aliphatic carbocycles. The van der Waals surface area contributed by atoms with Crippen molar-refractivity contribution in [2.24, 2.45) is 0 Å². The summed E-state index contributed by atoms with van der Waals surface area (Å²) in [6.07, 6.45) is 3.64. The number of para-hydroxylation sites is 1. The second kappa shape index (κ2) is 6.40. The van der Waals surface area contributed by atoms with E-state index in [1.165, 1.54) is 11.8 Å². The van der Waals surface area contributed by atoms with E-state index < -0.39 is 0 Å². The Morgan fingerprint density at radius 1 is 1.15 bits per heavy atom. The van der Waals surface area contributed by atoms with Gasteiger partial charge in [-0.25, -0.2) is 0 Å². The number of pyridine rings is 1. The second-order valence-electron chi connectivity index (χ2n) is 7.03. The number of aromatic amines is 1. The lowest BCUT2D eigenvalue weighted by atomic mass is 9.95. The molecule has 0 aliphatic heterocycles. The van der Waals surface area contributed by atoms with Crippen molar-refractivity contribution in [1.82, 2.24) is 9.88 Å². The third-order valence-corrected chi connectivity index (χ3v) is 5.74. The maximum Gasteiger partial charge on any atom is 0.259 e. The van der Waals surface area contributed by atoms with Crippen LogP contribution < -0.4 is 5.43 Å². The summed E-state index contributed by atoms with van der Waals surface area (Å²) in [6.45, 7) is 0.611. The molecule has 0 atom stereocenters. The molecule has 132 valence electrons. The lowest BCUT2D eigenvalue weighted by Gasteiger charge is -2.24. The predicted octanol–water partition coefficient (Wildman–Crippen LogP) is 4.09. The molecule has 1 amide bonds. The zero-order chi connectivity index (χ0) is 18.3. The standard InChI is InChI=1S/C21H19BrN2O2/c1-24(13-21(10-11-21)14-6-8-15(22)9-7-14)20(26)17-12-23-18-5-3-2-4-16(18)19(17)25/h2-9,12H,10-11,13H2,1H3,(H,23,25). The fourth-order valence-corrected chi connectivity index (χ4v) is 3.81. The Morgan fingerprint density at radius 3 is 2.54 bits per heavy atom. The van der Waals surface area contributed by atoms with Crippen molar-refractivity contribution in [2.45, 2.75) is 18.3 Å². The number of hydrogen-bond acceptors (Lipinski definition) is 2. The number of H-pyrrole nitrogens is 1. The number of likely N-dealkylation sites (N-methyl/N-ethyl adjacent to an activating group) is 1. The summed E-state index contributed by atoms with van der Waals surface area (Å²) >= 11 is 3.46. The average Bonchev–Trinajstić information content (AvgIpc) is 3.43. The lowest BCUT2D eigenvalue weighted by Crippen LogP contribution is -2.36. The molecular weight excluding hydrogens is 392 g/mol. The van der Waals surface area contributed by atoms with Gasteiger partial charge in [0, 0.05) is 40.6 Å². The van der Waals surface area contributed by atoms with E-state index in [-0.39, 0.29) is 22.3 Å². The van der Waals surface area contributed by atoms with Crippen molar-refractivity contribution in [1.29, 1.82) is 0 Å². The summed E-state index contributed by atoms with van der Waals surface area (Å²) < 4.78 is 1.05. The quantitative estimate of drug-likeness (QED) is 0.703. The Morgan fingerprint density at radius 2 is 1.85 bits per heavy atom. The van der Waals surface area contributed by atoms with Gasteiger partial charge in [-0.05, 0) is 42.7 Å². The van der Waals surface area contributed by atoms with Crippen LogP contribution in [0.25, 0.3) is 10.9 Å². The van der Waals surface area contributed by atoms with Crippen LogP contribution >= 0.6 is 15.9 Å². The van der Waals surface area contributed by atoms with Crippen molar-refractivity contribution >= 4 is 32.7 Å². The molecule has 3 aromatic rings. The first-order chi connectivity index (χ1) is 12.5. The minimum Gasteiger partial charge on any atom is -0.360 e. The number of fused-ring (bicyclic) bond motifs is 1. The van der Waals surface area contributed by atoms with E-state index in [1.54, 1.807) is 18.0 Å². The fourth-order valence-electron chi connectivity index (χ4n) is 3.55. The number of nitrogens with zero attached hydrogens (tertiary/aromatic N) is 1. The molecule has 0 spiro atoms. The molecule has 1 N–H and O–H groups in total. The van der Waals surface area contributed by atoms with Gasteiger partial charge in [-0.3, -0.25) is 9.59 Å². The Hall–Kier alpha value is -2.40. The maximum absolute atomic E-state index is 12.9. The van der Waals surface area contributed by atoms with Gasteiger partial charge in [-0.15, -0.1) is 0 Å². The van der Waals surface area contributed by atoms with Gasteiger partial charge >= 0.3 is 0 Å². The summed E-state index contributed by atoms with van der Waals surface area (Å²) in [4.78, 5) is 30.3. The highest BCUT2D eigenvalue weighted by atomic mass is 79.9. The van der Waals surface area contributed by atoms with E-state index in [2.05, 4.69) is 33.0 Å². The number of halogens is 1. The smallest absolute Gasteiger partial charge is 0.259 e. The molecule has 1 aliphatic rings. The maximum atomic E-state index is 12.9. The Kier molecular flexibility index (Phi) is 4.19. The third kappa shape index (κ3) is 2.97. The van der Waals surface area contributed by atoms with Crippen molar-refractivity contribution in [3.63, 3.8) is 0 Å². The number of rotatable bonds is 4. The number of amides is 1. The van der Waals surface area contributed by atoms with Crippen molar-refractivity contribution in [2.75, 3.05) is 13.6 Å². The van der Waals surface area contributed by atoms with Gasteiger partial charge < -0.3 is 9.88 Å². The molecule has 0 radical (unpaired) electrons. The summed E-state index contributed by atoms with van der Waals surface area (Å²) in [7, 11) is 1.77. The van der Waals surface area contributed by atoms with Gasteiger partial charge in [0.1, 0.15) is 5.56 Å². The normalized spacial score (nSPS) is 15.0. The minimum absolute atomic E-state index is 0.00865. The van der Waals surface area contributed by atoms with E-state index >= 15 is 0 Å². The highest BCUT2D eigenvalue weighted by Crippen LogP contribution is 2.48. The number of hydrogen-bond donors (Lipinski definition) is 1. The molecule has 5 heteroatoms. The molecule has 26 heavy (non-hydrogen) atoms. The van der Waals surface area contributed by atoms with Gasteiger partial charge in [0.05, 0.1) is 0 Å². The van der Waals surface area contributed by atoms with Crippen LogP contribution in [0.3, 0.4) is 0 Å². The molecule has 0 bridgehead atoms. The van der Waals surface area contributed by atoms with Crippen LogP contribution in [0.15, 0.2) is 64.0 Å². The van der Waals surface area contributed by atoms with E-state index in [0.717, 1.165) is 22.8 Å². The first-order valence-electron chi connectivity index (χ1n) is 8.62. The molecule has 0 unspecified atom stereocenters. The number of nitrogens with one attached hydrogen (secondary N) is 1. The van der Waals surface area contributed by atoms with Crippen LogP contribution in [0.4, 0.5) is 0 Å². The topological polar surface area (TPSA) is 53.2 Å². The Balaban J connectivity index is 1.60. The van der Waals surface area contributed by atoms with E-state index in [9.17, 15) is 9.59 Å². The summed E-state index contributed by atoms with van der Waals surface area (Å²) in [5, 5.41) is 0.542. The van der Waals surface area contributed by atoms with Gasteiger partial charge in [-0.2, -0.15) is 0 Å². The van der Waals surface area contributed by atoms with Crippen LogP contribution in [0.1, 0.15) is 28.8 Å². The number of carbonyl (C=O) groups excluding carboxylic acids is 1. The van der Waals surface area contributed by atoms with Crippen LogP contribution in [-0.4, -0.2) is 29.4 Å². The summed E-state index contributed by atoms with van der Waals surface area (Å²) in [5.41, 5.74) is 1.97. The molecule has 4 rings (SSSR count). The Labute approximate surface area is 160 Å². The van der Waals surface area contributed by atoms with Crippen molar-refractivity contribution < 1.29 is 4.79 Å². The monoisotopic (exact) mass is 410 g/mol. The largest absolute Gasteiger partial charge is 0.360 e. The summed E-state index contributed by atoms with van der Waals surface area (Å²) in [5.74, 6) is -0.236. The lowest BCUT2D eigenvalue weighted by molar-refractivity contribution is 0.0780. The number of benzene rings is 2. The highest BCUT2D eigenvalue weighted by Gasteiger charge is 2.45. The van der Waals surface area contributed by atoms with Gasteiger partial charge in [0.15, 0.2) is 0 Å². The molecule has 1 aromatic heterocycles. The van der Waals surface area contributed by atoms with E-state index in [1.807, 2.05) is 30.3 Å². The zero-order valence-corrected chi connectivity index (χ0v) is 16.0. The van der Waals surface area contributed by atoms with E-state index in [0.29, 0.717) is 11.9 Å². The first-order valence-corrected chi connectivity index (χ1v) is 9.41. The SMILES string of the molecule is CN(CC1(c2ccc(Br)cc2)CC1)C(=O)c1c[nH]c2ccccc2c1=O. The van der Waals surface area contributed by atoms with Gasteiger partial charge in [0.25, 0.3) is 5.91 Å². The minimum atomic E-state index is -0.236. The molecule has 1 fully saturated rings. The molecule has 4 nitrogen and oxygen atoms in total. The predicted molar refractivity (Wildman–Crippen MR) is 107 cm³/mol. The van der Waals surface area contributed by atoms with Crippen molar-refractivity contribution in [3.8, 4) is 0 Å². The van der Waals surface area contributed by atoms with Gasteiger partial charge in [-0.1, -0.05) is 40.2 Å². The van der Waals surface area contributed by atoms with Crippen LogP contribution in [0.2, 0.25) is 0 Å². The molecule has 1 heterocycles. The number of aromatic nitrogens is 1. The van der Waals surface area contributed by atoms with Crippen molar-refractivity contribution in [3.05, 3.63) is 80.6 Å². The third-order valence-electron chi connectivity index (χ3n) is 5.22. The van der Waals surface area contributed by atoms with Crippen LogP contribution in [-0.2, 0) is 5.41 Å². The van der Waals surface area contributed by atoms with Crippen LogP contribution in [0, 0.1) is 0 Å². The summed E-state index contributed by atoms with van der Waals surface area (Å²) in [6, 6.07) is 15.5. The fraction of sp³-hybridized carbons (Fsp3) is 0.238. The highest BCUT2D eigenvalue weighted by molar-refractivity contribution is 9.10. The average molecular weight is 411 g/mol. The first kappa shape index (κ1) is 17.0.